The Morgan fingerprint density at radius 2 is 1.78 bits per heavy atom. The van der Waals surface area contributed by atoms with Gasteiger partial charge in [0.05, 0.1) is 23.9 Å². The van der Waals surface area contributed by atoms with Crippen LogP contribution in [0.1, 0.15) is 5.56 Å². The van der Waals surface area contributed by atoms with Gasteiger partial charge >= 0.3 is 12.4 Å². The minimum atomic E-state index is -4.83. The van der Waals surface area contributed by atoms with Crippen LogP contribution in [0, 0.1) is 0 Å². The summed E-state index contributed by atoms with van der Waals surface area (Å²) >= 11 is 0. The monoisotopic (exact) mass is 340 g/mol. The van der Waals surface area contributed by atoms with E-state index in [1.165, 1.54) is 0 Å². The predicted octanol–water partition coefficient (Wildman–Crippen LogP) is 3.53. The van der Waals surface area contributed by atoms with Crippen LogP contribution in [0.3, 0.4) is 0 Å². The highest BCUT2D eigenvalue weighted by molar-refractivity contribution is 5.88. The molecular formula is C13H10F6N2O2. The molecule has 1 aromatic heterocycles. The van der Waals surface area contributed by atoms with Crippen molar-refractivity contribution in [2.24, 2.45) is 0 Å². The molecule has 10 heteroatoms. The van der Waals surface area contributed by atoms with Crippen LogP contribution in [-0.4, -0.2) is 24.8 Å². The van der Waals surface area contributed by atoms with Gasteiger partial charge in [0.25, 0.3) is 0 Å². The Morgan fingerprint density at radius 3 is 2.30 bits per heavy atom. The molecule has 0 aliphatic rings. The summed E-state index contributed by atoms with van der Waals surface area (Å²) < 4.78 is 80.7. The van der Waals surface area contributed by atoms with Gasteiger partial charge in [-0.25, -0.2) is 0 Å². The minimum absolute atomic E-state index is 0.128. The molecule has 0 unspecified atom stereocenters. The molecule has 0 saturated carbocycles. The topological polar surface area (TPSA) is 54.1 Å². The molecular weight excluding hydrogens is 330 g/mol. The quantitative estimate of drug-likeness (QED) is 0.841. The third-order valence-electron chi connectivity index (χ3n) is 2.95. The number of halogens is 6. The SMILES string of the molecule is COc1cc2[nH]c(=O)cc(C(F)(F)F)c2cc1NCC(F)(F)F. The zero-order valence-corrected chi connectivity index (χ0v) is 11.5. The van der Waals surface area contributed by atoms with Gasteiger partial charge in [0.2, 0.25) is 5.56 Å². The molecule has 2 N–H and O–H groups in total. The van der Waals surface area contributed by atoms with Crippen LogP contribution in [0.4, 0.5) is 32.0 Å². The summed E-state index contributed by atoms with van der Waals surface area (Å²) in [6.45, 7) is -1.44. The van der Waals surface area contributed by atoms with E-state index < -0.39 is 35.4 Å². The Hall–Kier alpha value is -2.39. The zero-order valence-electron chi connectivity index (χ0n) is 11.5. The summed E-state index contributed by atoms with van der Waals surface area (Å²) in [4.78, 5) is 13.5. The van der Waals surface area contributed by atoms with Crippen molar-refractivity contribution in [3.63, 3.8) is 0 Å². The van der Waals surface area contributed by atoms with E-state index in [0.717, 1.165) is 19.2 Å². The largest absolute Gasteiger partial charge is 0.495 e. The summed E-state index contributed by atoms with van der Waals surface area (Å²) in [7, 11) is 1.14. The molecule has 0 spiro atoms. The second-order valence-electron chi connectivity index (χ2n) is 4.61. The van der Waals surface area contributed by atoms with Crippen molar-refractivity contribution in [2.45, 2.75) is 12.4 Å². The van der Waals surface area contributed by atoms with Crippen molar-refractivity contribution in [3.8, 4) is 5.75 Å². The van der Waals surface area contributed by atoms with Crippen molar-refractivity contribution in [1.29, 1.82) is 0 Å². The summed E-state index contributed by atoms with van der Waals surface area (Å²) in [5.41, 5.74) is -2.69. The van der Waals surface area contributed by atoms with E-state index in [2.05, 4.69) is 4.98 Å². The fourth-order valence-corrected chi connectivity index (χ4v) is 2.02. The number of benzene rings is 1. The molecule has 0 aliphatic heterocycles. The summed E-state index contributed by atoms with van der Waals surface area (Å²) in [5, 5.41) is 1.54. The van der Waals surface area contributed by atoms with Crippen molar-refractivity contribution in [2.75, 3.05) is 19.0 Å². The lowest BCUT2D eigenvalue weighted by atomic mass is 10.1. The molecule has 0 bridgehead atoms. The van der Waals surface area contributed by atoms with Crippen LogP contribution < -0.4 is 15.6 Å². The summed E-state index contributed by atoms with van der Waals surface area (Å²) in [6, 6.07) is 2.24. The number of alkyl halides is 6. The van der Waals surface area contributed by atoms with E-state index in [9.17, 15) is 31.1 Å². The first-order valence-electron chi connectivity index (χ1n) is 6.14. The lowest BCUT2D eigenvalue weighted by molar-refractivity contribution is -0.136. The average Bonchev–Trinajstić information content (AvgIpc) is 2.41. The van der Waals surface area contributed by atoms with Gasteiger partial charge in [-0.3, -0.25) is 4.79 Å². The first-order valence-corrected chi connectivity index (χ1v) is 6.14. The van der Waals surface area contributed by atoms with Gasteiger partial charge in [-0.2, -0.15) is 26.3 Å². The number of hydrogen-bond donors (Lipinski definition) is 2. The molecule has 0 amide bonds. The molecule has 1 heterocycles. The Balaban J connectivity index is 2.65. The molecule has 0 saturated heterocycles. The number of hydrogen-bond acceptors (Lipinski definition) is 3. The molecule has 23 heavy (non-hydrogen) atoms. The maximum Gasteiger partial charge on any atom is 0.417 e. The molecule has 126 valence electrons. The van der Waals surface area contributed by atoms with E-state index in [1.807, 2.05) is 5.32 Å². The van der Waals surface area contributed by atoms with Crippen molar-refractivity contribution in [3.05, 3.63) is 34.1 Å². The first-order chi connectivity index (χ1) is 10.5. The standard InChI is InChI=1S/C13H10F6N2O2/c1-23-10-4-8-6(2-9(10)20-5-12(14,15)16)7(13(17,18)19)3-11(22)21-8/h2-4,20H,5H2,1H3,(H,21,22). The maximum absolute atomic E-state index is 13.0. The van der Waals surface area contributed by atoms with Gasteiger partial charge in [0.1, 0.15) is 12.3 Å². The number of methoxy groups -OCH3 is 1. The minimum Gasteiger partial charge on any atom is -0.495 e. The molecule has 4 nitrogen and oxygen atoms in total. The Morgan fingerprint density at radius 1 is 1.13 bits per heavy atom. The molecule has 1 aromatic carbocycles. The Bertz CT molecular complexity index is 779. The van der Waals surface area contributed by atoms with Gasteiger partial charge in [-0.05, 0) is 6.07 Å². The van der Waals surface area contributed by atoms with Crippen molar-refractivity contribution < 1.29 is 31.1 Å². The predicted molar refractivity (Wildman–Crippen MR) is 70.7 cm³/mol. The molecule has 2 aromatic rings. The van der Waals surface area contributed by atoms with Crippen LogP contribution in [0.5, 0.6) is 5.75 Å². The molecule has 0 aliphatic carbocycles. The average molecular weight is 340 g/mol. The number of nitrogens with one attached hydrogen (secondary N) is 2. The summed E-state index contributed by atoms with van der Waals surface area (Å²) in [6.07, 6.45) is -9.39. The van der Waals surface area contributed by atoms with Crippen LogP contribution in [0.25, 0.3) is 10.9 Å². The number of anilines is 1. The zero-order chi connectivity index (χ0) is 17.4. The van der Waals surface area contributed by atoms with E-state index in [4.69, 9.17) is 4.74 Å². The highest BCUT2D eigenvalue weighted by atomic mass is 19.4. The molecule has 0 fully saturated rings. The molecule has 2 rings (SSSR count). The number of pyridine rings is 1. The third kappa shape index (κ3) is 3.88. The number of aromatic amines is 1. The van der Waals surface area contributed by atoms with Crippen LogP contribution in [0.15, 0.2) is 23.0 Å². The Kier molecular flexibility index (Phi) is 4.18. The first kappa shape index (κ1) is 17.0. The smallest absolute Gasteiger partial charge is 0.417 e. The number of fused-ring (bicyclic) bond motifs is 1. The summed E-state index contributed by atoms with van der Waals surface area (Å²) in [5.74, 6) is -0.128. The van der Waals surface area contributed by atoms with E-state index in [1.54, 1.807) is 0 Å². The van der Waals surface area contributed by atoms with Crippen LogP contribution in [0.2, 0.25) is 0 Å². The van der Waals surface area contributed by atoms with E-state index >= 15 is 0 Å². The van der Waals surface area contributed by atoms with Crippen molar-refractivity contribution in [1.82, 2.24) is 4.98 Å². The fraction of sp³-hybridized carbons (Fsp3) is 0.308. The van der Waals surface area contributed by atoms with E-state index in [0.29, 0.717) is 6.07 Å². The van der Waals surface area contributed by atoms with Gasteiger partial charge in [-0.1, -0.05) is 0 Å². The fourth-order valence-electron chi connectivity index (χ4n) is 2.02. The number of ether oxygens (including phenoxy) is 1. The van der Waals surface area contributed by atoms with Gasteiger partial charge in [0, 0.05) is 17.5 Å². The third-order valence-corrected chi connectivity index (χ3v) is 2.95. The lowest BCUT2D eigenvalue weighted by Gasteiger charge is -2.16. The number of H-pyrrole nitrogens is 1. The molecule has 0 atom stereocenters. The number of aromatic nitrogens is 1. The Labute approximate surface area is 125 Å². The number of rotatable bonds is 3. The van der Waals surface area contributed by atoms with Crippen molar-refractivity contribution >= 4 is 16.6 Å². The second kappa shape index (κ2) is 5.67. The second-order valence-corrected chi connectivity index (χ2v) is 4.61. The van der Waals surface area contributed by atoms with Gasteiger partial charge in [0.15, 0.2) is 0 Å². The van der Waals surface area contributed by atoms with Crippen LogP contribution in [-0.2, 0) is 6.18 Å². The van der Waals surface area contributed by atoms with E-state index in [-0.39, 0.29) is 17.0 Å². The highest BCUT2D eigenvalue weighted by Gasteiger charge is 2.34. The van der Waals surface area contributed by atoms with Gasteiger partial charge < -0.3 is 15.0 Å². The van der Waals surface area contributed by atoms with Crippen LogP contribution >= 0.6 is 0 Å². The normalized spacial score (nSPS) is 12.5. The maximum atomic E-state index is 13.0. The highest BCUT2D eigenvalue weighted by Crippen LogP contribution is 2.37. The molecule has 0 radical (unpaired) electrons. The van der Waals surface area contributed by atoms with Gasteiger partial charge in [-0.15, -0.1) is 0 Å². The lowest BCUT2D eigenvalue weighted by Crippen LogP contribution is -2.21.